The Morgan fingerprint density at radius 2 is 2.11 bits per heavy atom. The summed E-state index contributed by atoms with van der Waals surface area (Å²) < 4.78 is 5.06. The first-order valence-corrected chi connectivity index (χ1v) is 6.29. The number of nitrogens with one attached hydrogen (secondary N) is 1. The fraction of sp³-hybridized carbons (Fsp3) is 0.643. The molecule has 0 saturated carbocycles. The molecule has 1 heterocycles. The predicted octanol–water partition coefficient (Wildman–Crippen LogP) is 1.98. The van der Waals surface area contributed by atoms with Crippen LogP contribution in [0, 0.1) is 5.41 Å². The second-order valence-corrected chi connectivity index (χ2v) is 5.72. The van der Waals surface area contributed by atoms with Crippen LogP contribution in [0.1, 0.15) is 32.9 Å². The second kappa shape index (κ2) is 6.71. The van der Waals surface area contributed by atoms with Gasteiger partial charge in [-0.2, -0.15) is 0 Å². The third-order valence-electron chi connectivity index (χ3n) is 2.52. The Labute approximate surface area is 109 Å². The zero-order valence-corrected chi connectivity index (χ0v) is 11.7. The number of nitrogens with zero attached hydrogens (tertiary/aromatic N) is 1. The van der Waals surface area contributed by atoms with E-state index in [2.05, 4.69) is 31.1 Å². The van der Waals surface area contributed by atoms with Crippen LogP contribution in [0.4, 0.5) is 0 Å². The highest BCUT2D eigenvalue weighted by atomic mass is 16.5. The lowest BCUT2D eigenvalue weighted by Crippen LogP contribution is -2.30. The standard InChI is InChI=1S/C14H24N2O2/c1-14(2,3)8-12(17)10-15-9-11-6-5-7-13(16-11)18-4/h5-7,12,15,17H,8-10H2,1-4H3. The average Bonchev–Trinajstić information content (AvgIpc) is 2.27. The number of ether oxygens (including phenoxy) is 1. The van der Waals surface area contributed by atoms with Crippen molar-refractivity contribution in [1.29, 1.82) is 0 Å². The summed E-state index contributed by atoms with van der Waals surface area (Å²) in [6.07, 6.45) is 0.460. The third-order valence-corrected chi connectivity index (χ3v) is 2.52. The minimum atomic E-state index is -0.324. The van der Waals surface area contributed by atoms with Crippen molar-refractivity contribution in [2.24, 2.45) is 5.41 Å². The molecule has 1 rings (SSSR count). The Hall–Kier alpha value is -1.13. The van der Waals surface area contributed by atoms with Gasteiger partial charge in [0.25, 0.3) is 0 Å². The molecule has 1 aromatic rings. The Bertz CT molecular complexity index is 361. The Morgan fingerprint density at radius 3 is 2.72 bits per heavy atom. The summed E-state index contributed by atoms with van der Waals surface area (Å²) in [5, 5.41) is 13.1. The van der Waals surface area contributed by atoms with Gasteiger partial charge in [0, 0.05) is 19.2 Å². The van der Waals surface area contributed by atoms with Gasteiger partial charge in [-0.1, -0.05) is 26.8 Å². The molecule has 0 saturated heterocycles. The molecule has 2 N–H and O–H groups in total. The van der Waals surface area contributed by atoms with E-state index in [0.717, 1.165) is 12.1 Å². The molecular formula is C14H24N2O2. The van der Waals surface area contributed by atoms with Gasteiger partial charge >= 0.3 is 0 Å². The highest BCUT2D eigenvalue weighted by Gasteiger charge is 2.16. The van der Waals surface area contributed by atoms with Crippen molar-refractivity contribution in [1.82, 2.24) is 10.3 Å². The topological polar surface area (TPSA) is 54.4 Å². The first kappa shape index (κ1) is 14.9. The van der Waals surface area contributed by atoms with E-state index in [1.807, 2.05) is 18.2 Å². The summed E-state index contributed by atoms with van der Waals surface area (Å²) in [7, 11) is 1.60. The lowest BCUT2D eigenvalue weighted by Gasteiger charge is -2.22. The Kier molecular flexibility index (Phi) is 5.56. The van der Waals surface area contributed by atoms with Crippen LogP contribution in [0.25, 0.3) is 0 Å². The Balaban J connectivity index is 2.32. The summed E-state index contributed by atoms with van der Waals surface area (Å²) >= 11 is 0. The monoisotopic (exact) mass is 252 g/mol. The van der Waals surface area contributed by atoms with Gasteiger partial charge in [-0.05, 0) is 17.9 Å². The van der Waals surface area contributed by atoms with Gasteiger partial charge in [-0.3, -0.25) is 0 Å². The van der Waals surface area contributed by atoms with Crippen LogP contribution in [0.5, 0.6) is 5.88 Å². The molecule has 4 nitrogen and oxygen atoms in total. The van der Waals surface area contributed by atoms with Crippen LogP contribution in [0.3, 0.4) is 0 Å². The van der Waals surface area contributed by atoms with Gasteiger partial charge in [-0.25, -0.2) is 4.98 Å². The number of aromatic nitrogens is 1. The number of pyridine rings is 1. The molecule has 0 spiro atoms. The number of methoxy groups -OCH3 is 1. The van der Waals surface area contributed by atoms with E-state index in [0.29, 0.717) is 19.0 Å². The summed E-state index contributed by atoms with van der Waals surface area (Å²) in [6, 6.07) is 5.66. The first-order valence-electron chi connectivity index (χ1n) is 6.29. The maximum atomic E-state index is 9.86. The average molecular weight is 252 g/mol. The lowest BCUT2D eigenvalue weighted by molar-refractivity contribution is 0.119. The van der Waals surface area contributed by atoms with Crippen LogP contribution in [0.15, 0.2) is 18.2 Å². The SMILES string of the molecule is COc1cccc(CNCC(O)CC(C)(C)C)n1. The number of aliphatic hydroxyl groups is 1. The molecule has 102 valence electrons. The highest BCUT2D eigenvalue weighted by molar-refractivity contribution is 5.15. The molecule has 0 amide bonds. The van der Waals surface area contributed by atoms with Crippen molar-refractivity contribution in [2.75, 3.05) is 13.7 Å². The van der Waals surface area contributed by atoms with Crippen molar-refractivity contribution in [3.63, 3.8) is 0 Å². The van der Waals surface area contributed by atoms with E-state index < -0.39 is 0 Å². The van der Waals surface area contributed by atoms with Crippen molar-refractivity contribution in [3.8, 4) is 5.88 Å². The molecule has 0 aliphatic heterocycles. The molecular weight excluding hydrogens is 228 g/mol. The minimum Gasteiger partial charge on any atom is -0.481 e. The molecule has 0 bridgehead atoms. The summed E-state index contributed by atoms with van der Waals surface area (Å²) in [5.74, 6) is 0.615. The van der Waals surface area contributed by atoms with Crippen molar-refractivity contribution >= 4 is 0 Å². The van der Waals surface area contributed by atoms with Crippen LogP contribution < -0.4 is 10.1 Å². The van der Waals surface area contributed by atoms with E-state index in [4.69, 9.17) is 4.74 Å². The fourth-order valence-electron chi connectivity index (χ4n) is 1.82. The predicted molar refractivity (Wildman–Crippen MR) is 72.6 cm³/mol. The molecule has 0 fully saturated rings. The molecule has 1 unspecified atom stereocenters. The zero-order chi connectivity index (χ0) is 13.6. The lowest BCUT2D eigenvalue weighted by atomic mass is 9.89. The number of aliphatic hydroxyl groups excluding tert-OH is 1. The van der Waals surface area contributed by atoms with Crippen LogP contribution in [-0.4, -0.2) is 29.8 Å². The second-order valence-electron chi connectivity index (χ2n) is 5.72. The normalized spacial score (nSPS) is 13.4. The number of rotatable bonds is 6. The van der Waals surface area contributed by atoms with E-state index >= 15 is 0 Å². The van der Waals surface area contributed by atoms with Crippen LogP contribution >= 0.6 is 0 Å². The van der Waals surface area contributed by atoms with E-state index in [1.54, 1.807) is 7.11 Å². The number of hydrogen-bond acceptors (Lipinski definition) is 4. The number of hydrogen-bond donors (Lipinski definition) is 2. The van der Waals surface area contributed by atoms with Crippen molar-refractivity contribution in [3.05, 3.63) is 23.9 Å². The molecule has 4 heteroatoms. The maximum Gasteiger partial charge on any atom is 0.213 e. The first-order chi connectivity index (χ1) is 8.40. The van der Waals surface area contributed by atoms with E-state index in [9.17, 15) is 5.11 Å². The van der Waals surface area contributed by atoms with Crippen LogP contribution in [-0.2, 0) is 6.54 Å². The Morgan fingerprint density at radius 1 is 1.39 bits per heavy atom. The molecule has 0 aliphatic carbocycles. The maximum absolute atomic E-state index is 9.86. The molecule has 1 atom stereocenters. The van der Waals surface area contributed by atoms with Gasteiger partial charge in [0.05, 0.1) is 18.9 Å². The molecule has 0 radical (unpaired) electrons. The van der Waals surface area contributed by atoms with Crippen LogP contribution in [0.2, 0.25) is 0 Å². The minimum absolute atomic E-state index is 0.148. The molecule has 0 aromatic carbocycles. The van der Waals surface area contributed by atoms with Crippen molar-refractivity contribution in [2.45, 2.75) is 39.8 Å². The zero-order valence-electron chi connectivity index (χ0n) is 11.7. The van der Waals surface area contributed by atoms with Gasteiger partial charge in [0.2, 0.25) is 5.88 Å². The molecule has 1 aromatic heterocycles. The fourth-order valence-corrected chi connectivity index (χ4v) is 1.82. The van der Waals surface area contributed by atoms with Gasteiger partial charge < -0.3 is 15.2 Å². The van der Waals surface area contributed by atoms with Crippen molar-refractivity contribution < 1.29 is 9.84 Å². The molecule has 0 aliphatic rings. The van der Waals surface area contributed by atoms with Gasteiger partial charge in [-0.15, -0.1) is 0 Å². The molecule has 18 heavy (non-hydrogen) atoms. The summed E-state index contributed by atoms with van der Waals surface area (Å²) in [4.78, 5) is 4.30. The summed E-state index contributed by atoms with van der Waals surface area (Å²) in [6.45, 7) is 7.59. The highest BCUT2D eigenvalue weighted by Crippen LogP contribution is 2.20. The van der Waals surface area contributed by atoms with E-state index in [-0.39, 0.29) is 11.5 Å². The third kappa shape index (κ3) is 5.98. The van der Waals surface area contributed by atoms with Gasteiger partial charge in [0.1, 0.15) is 0 Å². The van der Waals surface area contributed by atoms with Gasteiger partial charge in [0.15, 0.2) is 0 Å². The summed E-state index contributed by atoms with van der Waals surface area (Å²) in [5.41, 5.74) is 1.06. The smallest absolute Gasteiger partial charge is 0.213 e. The largest absolute Gasteiger partial charge is 0.481 e. The van der Waals surface area contributed by atoms with E-state index in [1.165, 1.54) is 0 Å². The quantitative estimate of drug-likeness (QED) is 0.813.